The zero-order chi connectivity index (χ0) is 25.4. The lowest BCUT2D eigenvalue weighted by molar-refractivity contribution is -0.123. The predicted molar refractivity (Wildman–Crippen MR) is 146 cm³/mol. The SMILES string of the molecule is NC(=O)C1CCN(c2nc3ccccn3c(=O)c2/C=C2\SC(=S)N(Cc3ccccc3Cl)C2=O)CC1. The van der Waals surface area contributed by atoms with Gasteiger partial charge in [-0.3, -0.25) is 23.7 Å². The highest BCUT2D eigenvalue weighted by atomic mass is 35.5. The van der Waals surface area contributed by atoms with Gasteiger partial charge in [0.25, 0.3) is 11.5 Å². The van der Waals surface area contributed by atoms with Crippen LogP contribution in [0.15, 0.2) is 58.4 Å². The number of hydrogen-bond donors (Lipinski definition) is 1. The summed E-state index contributed by atoms with van der Waals surface area (Å²) in [6.45, 7) is 1.29. The molecule has 0 bridgehead atoms. The van der Waals surface area contributed by atoms with Crippen LogP contribution in [0.25, 0.3) is 11.7 Å². The number of piperidine rings is 1. The molecule has 2 saturated heterocycles. The van der Waals surface area contributed by atoms with Gasteiger partial charge < -0.3 is 10.6 Å². The van der Waals surface area contributed by atoms with Crippen LogP contribution in [0.3, 0.4) is 0 Å². The van der Waals surface area contributed by atoms with Crippen LogP contribution in [-0.4, -0.2) is 43.5 Å². The number of amides is 2. The molecule has 2 aliphatic rings. The second-order valence-electron chi connectivity index (χ2n) is 8.61. The van der Waals surface area contributed by atoms with Crippen molar-refractivity contribution in [2.24, 2.45) is 11.7 Å². The molecule has 0 unspecified atom stereocenters. The van der Waals surface area contributed by atoms with Crippen LogP contribution in [0.5, 0.6) is 0 Å². The van der Waals surface area contributed by atoms with Gasteiger partial charge in [0, 0.05) is 30.2 Å². The smallest absolute Gasteiger partial charge is 0.267 e. The lowest BCUT2D eigenvalue weighted by Crippen LogP contribution is -2.40. The maximum absolute atomic E-state index is 13.6. The fourth-order valence-electron chi connectivity index (χ4n) is 4.40. The molecular weight excluding hydrogens is 518 g/mol. The Bertz CT molecular complexity index is 1480. The molecule has 3 aromatic rings. The first kappa shape index (κ1) is 24.5. The molecule has 2 fully saturated rings. The Labute approximate surface area is 221 Å². The van der Waals surface area contributed by atoms with E-state index in [4.69, 9.17) is 34.5 Å². The molecule has 0 atom stereocenters. The number of nitrogens with two attached hydrogens (primary N) is 1. The molecule has 0 radical (unpaired) electrons. The number of hydrogen-bond acceptors (Lipinski definition) is 7. The summed E-state index contributed by atoms with van der Waals surface area (Å²) >= 11 is 12.9. The van der Waals surface area contributed by atoms with Crippen molar-refractivity contribution >= 4 is 69.3 Å². The average Bonchev–Trinajstić information content (AvgIpc) is 3.14. The minimum absolute atomic E-state index is 0.202. The predicted octanol–water partition coefficient (Wildman–Crippen LogP) is 3.45. The zero-order valence-electron chi connectivity index (χ0n) is 19.1. The largest absolute Gasteiger partial charge is 0.369 e. The number of benzene rings is 1. The third kappa shape index (κ3) is 4.63. The van der Waals surface area contributed by atoms with E-state index in [0.717, 1.165) is 17.3 Å². The summed E-state index contributed by atoms with van der Waals surface area (Å²) in [6.07, 6.45) is 4.37. The molecular formula is C25H22ClN5O3S2. The first-order chi connectivity index (χ1) is 17.3. The fraction of sp³-hybridized carbons (Fsp3) is 0.240. The van der Waals surface area contributed by atoms with Crippen molar-refractivity contribution < 1.29 is 9.59 Å². The van der Waals surface area contributed by atoms with Gasteiger partial charge in [-0.2, -0.15) is 0 Å². The number of nitrogens with zero attached hydrogens (tertiary/aromatic N) is 4. The summed E-state index contributed by atoms with van der Waals surface area (Å²) < 4.78 is 1.85. The maximum Gasteiger partial charge on any atom is 0.267 e. The van der Waals surface area contributed by atoms with E-state index in [1.54, 1.807) is 30.5 Å². The molecule has 2 N–H and O–H groups in total. The number of carbonyl (C=O) groups excluding carboxylic acids is 2. The molecule has 8 nitrogen and oxygen atoms in total. The molecule has 5 rings (SSSR count). The van der Waals surface area contributed by atoms with E-state index >= 15 is 0 Å². The van der Waals surface area contributed by atoms with Crippen molar-refractivity contribution in [1.82, 2.24) is 14.3 Å². The third-order valence-corrected chi connectivity index (χ3v) is 8.13. The highest BCUT2D eigenvalue weighted by Crippen LogP contribution is 2.35. The highest BCUT2D eigenvalue weighted by molar-refractivity contribution is 8.26. The van der Waals surface area contributed by atoms with Crippen LogP contribution in [0.2, 0.25) is 5.02 Å². The van der Waals surface area contributed by atoms with Gasteiger partial charge in [-0.15, -0.1) is 0 Å². The molecule has 1 aromatic carbocycles. The van der Waals surface area contributed by atoms with E-state index in [9.17, 15) is 14.4 Å². The van der Waals surface area contributed by atoms with Crippen LogP contribution in [0, 0.1) is 5.92 Å². The first-order valence-corrected chi connectivity index (χ1v) is 13.0. The van der Waals surface area contributed by atoms with Crippen molar-refractivity contribution in [3.05, 3.63) is 80.1 Å². The lowest BCUT2D eigenvalue weighted by atomic mass is 9.96. The molecule has 36 heavy (non-hydrogen) atoms. The van der Waals surface area contributed by atoms with Crippen molar-refractivity contribution in [3.63, 3.8) is 0 Å². The molecule has 11 heteroatoms. The van der Waals surface area contributed by atoms with E-state index < -0.39 is 0 Å². The molecule has 0 spiro atoms. The van der Waals surface area contributed by atoms with Crippen molar-refractivity contribution in [2.75, 3.05) is 18.0 Å². The Hall–Kier alpha value is -3.21. The van der Waals surface area contributed by atoms with Gasteiger partial charge >= 0.3 is 0 Å². The summed E-state index contributed by atoms with van der Waals surface area (Å²) in [7, 11) is 0. The third-order valence-electron chi connectivity index (χ3n) is 6.38. The van der Waals surface area contributed by atoms with Gasteiger partial charge in [-0.1, -0.05) is 59.8 Å². The standard InChI is InChI=1S/C25H22ClN5O3S2/c26-18-6-2-1-5-16(18)14-31-24(34)19(36-25(31)35)13-17-22(29-11-8-15(9-12-29)21(27)32)28-20-7-3-4-10-30(20)23(17)33/h1-7,10,13,15H,8-9,11-12,14H2,(H2,27,32)/b19-13-. The van der Waals surface area contributed by atoms with E-state index in [-0.39, 0.29) is 29.8 Å². The number of rotatable bonds is 5. The summed E-state index contributed by atoms with van der Waals surface area (Å²) in [5, 5.41) is 0.550. The summed E-state index contributed by atoms with van der Waals surface area (Å²) in [5.41, 5.74) is 6.78. The zero-order valence-corrected chi connectivity index (χ0v) is 21.5. The fourth-order valence-corrected chi connectivity index (χ4v) is 5.83. The number of fused-ring (bicyclic) bond motifs is 1. The van der Waals surface area contributed by atoms with E-state index in [2.05, 4.69) is 0 Å². The Kier molecular flexibility index (Phi) is 6.83. The number of pyridine rings is 1. The molecule has 184 valence electrons. The van der Waals surface area contributed by atoms with Crippen molar-refractivity contribution in [2.45, 2.75) is 19.4 Å². The number of aromatic nitrogens is 2. The van der Waals surface area contributed by atoms with E-state index in [1.807, 2.05) is 29.2 Å². The minimum atomic E-state index is -0.316. The van der Waals surface area contributed by atoms with Crippen LogP contribution in [0.4, 0.5) is 5.82 Å². The maximum atomic E-state index is 13.6. The molecule has 2 aliphatic heterocycles. The highest BCUT2D eigenvalue weighted by Gasteiger charge is 2.34. The normalized spacial score (nSPS) is 18.0. The van der Waals surface area contributed by atoms with Gasteiger partial charge in [0.1, 0.15) is 15.8 Å². The number of carbonyl (C=O) groups is 2. The Balaban J connectivity index is 1.53. The Morgan fingerprint density at radius 3 is 2.61 bits per heavy atom. The molecule has 0 aliphatic carbocycles. The van der Waals surface area contributed by atoms with Gasteiger partial charge in [-0.25, -0.2) is 4.98 Å². The Morgan fingerprint density at radius 1 is 1.17 bits per heavy atom. The molecule has 2 aromatic heterocycles. The number of thiocarbonyl (C=S) groups is 1. The number of thioether (sulfide) groups is 1. The second-order valence-corrected chi connectivity index (χ2v) is 10.7. The molecule has 0 saturated carbocycles. The number of halogens is 1. The van der Waals surface area contributed by atoms with Crippen molar-refractivity contribution in [3.8, 4) is 0 Å². The minimum Gasteiger partial charge on any atom is -0.369 e. The molecule has 4 heterocycles. The molecule has 2 amide bonds. The topological polar surface area (TPSA) is 101 Å². The van der Waals surface area contributed by atoms with Crippen LogP contribution >= 0.6 is 35.6 Å². The Morgan fingerprint density at radius 2 is 1.89 bits per heavy atom. The van der Waals surface area contributed by atoms with Crippen molar-refractivity contribution in [1.29, 1.82) is 0 Å². The summed E-state index contributed by atoms with van der Waals surface area (Å²) in [4.78, 5) is 47.1. The van der Waals surface area contributed by atoms with Gasteiger partial charge in [0.2, 0.25) is 5.91 Å². The first-order valence-electron chi connectivity index (χ1n) is 11.4. The van der Waals surface area contributed by atoms with E-state index in [1.165, 1.54) is 9.30 Å². The summed E-state index contributed by atoms with van der Waals surface area (Å²) in [5.74, 6) is -0.331. The number of primary amides is 1. The van der Waals surface area contributed by atoms with Gasteiger partial charge in [-0.05, 0) is 42.7 Å². The monoisotopic (exact) mass is 539 g/mol. The van der Waals surface area contributed by atoms with Crippen LogP contribution in [-0.2, 0) is 16.1 Å². The lowest BCUT2D eigenvalue weighted by Gasteiger charge is -2.32. The van der Waals surface area contributed by atoms with Gasteiger partial charge in [0.15, 0.2) is 0 Å². The van der Waals surface area contributed by atoms with E-state index in [0.29, 0.717) is 57.2 Å². The van der Waals surface area contributed by atoms with Crippen LogP contribution in [0.1, 0.15) is 24.0 Å². The quantitative estimate of drug-likeness (QED) is 0.391. The average molecular weight is 540 g/mol. The number of anilines is 1. The van der Waals surface area contributed by atoms with Gasteiger partial charge in [0.05, 0.1) is 17.0 Å². The second kappa shape index (κ2) is 10.0. The van der Waals surface area contributed by atoms with Crippen LogP contribution < -0.4 is 16.2 Å². The summed E-state index contributed by atoms with van der Waals surface area (Å²) in [6, 6.07) is 12.6.